The topological polar surface area (TPSA) is 130 Å². The van der Waals surface area contributed by atoms with Gasteiger partial charge >= 0.3 is 5.97 Å². The van der Waals surface area contributed by atoms with Crippen LogP contribution in [0.4, 0.5) is 5.13 Å². The first-order valence-electron chi connectivity index (χ1n) is 14.3. The second-order valence-electron chi connectivity index (χ2n) is 10.4. The van der Waals surface area contributed by atoms with E-state index in [1.165, 1.54) is 87.6 Å². The maximum absolute atomic E-state index is 13.1. The lowest BCUT2D eigenvalue weighted by Crippen LogP contribution is -2.70. The average Bonchev–Trinajstić information content (AvgIpc) is 3.34. The number of oxime groups is 1. The monoisotopic (exact) mass is 615 g/mol. The zero-order valence-corrected chi connectivity index (χ0v) is 26.5. The third-order valence-corrected chi connectivity index (χ3v) is 9.49. The van der Waals surface area contributed by atoms with Gasteiger partial charge in [0, 0.05) is 11.1 Å². The van der Waals surface area contributed by atoms with Gasteiger partial charge in [-0.3, -0.25) is 15.0 Å². The van der Waals surface area contributed by atoms with Gasteiger partial charge in [0.15, 0.2) is 5.13 Å². The number of hydrogen-bond acceptors (Lipinski definition) is 9. The standard InChI is InChI=1S/C28H45N5O4S2.ClH/c1-4-5-6-7-8-9-10-11-12-13-14-15-16-20(32-37-3)22(21-18-39-28(29)30-21)31-23-25(34)33-24(27(35)36)19(2)17-38-26(23)33;/h18,22-23,26,31H,4-17H2,1-3H3,(H2,29,30)(H,35,36);1H/b32-20-;/t22?,23?,26-;/m1./s1. The number of β-lactam (4-membered cyclic amide) rings is 1. The lowest BCUT2D eigenvalue weighted by Gasteiger charge is -2.50. The first-order chi connectivity index (χ1) is 18.9. The second kappa shape index (κ2) is 17.9. The lowest BCUT2D eigenvalue weighted by atomic mass is 9.97. The van der Waals surface area contributed by atoms with E-state index in [0.717, 1.165) is 18.6 Å². The van der Waals surface area contributed by atoms with Gasteiger partial charge < -0.3 is 15.7 Å². The highest BCUT2D eigenvalue weighted by molar-refractivity contribution is 8.00. The molecule has 40 heavy (non-hydrogen) atoms. The maximum atomic E-state index is 13.1. The number of aliphatic carboxylic acids is 1. The Hall–Kier alpha value is -1.82. The van der Waals surface area contributed by atoms with E-state index in [4.69, 9.17) is 10.6 Å². The Morgan fingerprint density at radius 3 is 2.30 bits per heavy atom. The van der Waals surface area contributed by atoms with E-state index < -0.39 is 18.1 Å². The molecule has 1 amide bonds. The number of nitrogens with two attached hydrogens (primary N) is 1. The number of nitrogens with one attached hydrogen (secondary N) is 1. The van der Waals surface area contributed by atoms with Gasteiger partial charge in [0.25, 0.3) is 0 Å². The molecule has 226 valence electrons. The molecule has 2 aliphatic rings. The van der Waals surface area contributed by atoms with Crippen molar-refractivity contribution in [1.82, 2.24) is 15.2 Å². The van der Waals surface area contributed by atoms with Crippen molar-refractivity contribution >= 4 is 58.2 Å². The van der Waals surface area contributed by atoms with E-state index in [0.29, 0.717) is 28.6 Å². The quantitative estimate of drug-likeness (QED) is 0.0694. The number of carboxylic acid groups (broad SMARTS) is 1. The molecule has 0 saturated carbocycles. The summed E-state index contributed by atoms with van der Waals surface area (Å²) >= 11 is 2.91. The van der Waals surface area contributed by atoms with Gasteiger partial charge in [-0.2, -0.15) is 0 Å². The highest BCUT2D eigenvalue weighted by Gasteiger charge is 2.54. The van der Waals surface area contributed by atoms with Gasteiger partial charge in [0.2, 0.25) is 5.91 Å². The number of nitrogen functional groups attached to an aromatic ring is 1. The molecule has 1 saturated heterocycles. The zero-order valence-electron chi connectivity index (χ0n) is 24.0. The molecule has 3 atom stereocenters. The summed E-state index contributed by atoms with van der Waals surface area (Å²) in [5.74, 6) is -0.748. The fourth-order valence-electron chi connectivity index (χ4n) is 5.27. The van der Waals surface area contributed by atoms with Crippen molar-refractivity contribution in [2.45, 2.75) is 115 Å². The van der Waals surface area contributed by atoms with Crippen LogP contribution in [-0.4, -0.2) is 56.9 Å². The molecule has 9 nitrogen and oxygen atoms in total. The van der Waals surface area contributed by atoms with Crippen molar-refractivity contribution in [3.05, 3.63) is 22.3 Å². The normalized spacial score (nSPS) is 19.6. The number of anilines is 1. The summed E-state index contributed by atoms with van der Waals surface area (Å²) in [4.78, 5) is 36.0. The highest BCUT2D eigenvalue weighted by atomic mass is 35.5. The van der Waals surface area contributed by atoms with E-state index in [1.54, 1.807) is 18.7 Å². The Labute approximate surface area is 253 Å². The van der Waals surface area contributed by atoms with Gasteiger partial charge in [-0.25, -0.2) is 9.78 Å². The largest absolute Gasteiger partial charge is 0.477 e. The van der Waals surface area contributed by atoms with Gasteiger partial charge in [-0.1, -0.05) is 82.7 Å². The first-order valence-corrected chi connectivity index (χ1v) is 16.3. The van der Waals surface area contributed by atoms with Crippen molar-refractivity contribution in [3.63, 3.8) is 0 Å². The number of carbonyl (C=O) groups is 2. The van der Waals surface area contributed by atoms with Crippen LogP contribution < -0.4 is 11.1 Å². The van der Waals surface area contributed by atoms with Crippen LogP contribution in [0.2, 0.25) is 0 Å². The number of thioether (sulfide) groups is 1. The summed E-state index contributed by atoms with van der Waals surface area (Å²) in [6.07, 6.45) is 15.9. The third-order valence-electron chi connectivity index (χ3n) is 7.37. The number of hydrogen-bond donors (Lipinski definition) is 3. The molecule has 0 bridgehead atoms. The molecule has 1 aromatic rings. The van der Waals surface area contributed by atoms with Gasteiger partial charge in [0.05, 0.1) is 17.4 Å². The molecule has 0 spiro atoms. The van der Waals surface area contributed by atoms with Crippen molar-refractivity contribution in [2.24, 2.45) is 5.16 Å². The molecule has 1 aromatic heterocycles. The van der Waals surface area contributed by atoms with E-state index >= 15 is 0 Å². The number of rotatable bonds is 19. The number of thiazole rings is 1. The minimum Gasteiger partial charge on any atom is -0.477 e. The van der Waals surface area contributed by atoms with Crippen LogP contribution >= 0.6 is 35.5 Å². The van der Waals surface area contributed by atoms with E-state index in [-0.39, 0.29) is 29.4 Å². The number of carbonyl (C=O) groups excluding carboxylic acids is 1. The van der Waals surface area contributed by atoms with Crippen LogP contribution in [0.1, 0.15) is 109 Å². The predicted molar refractivity (Wildman–Crippen MR) is 167 cm³/mol. The number of fused-ring (bicyclic) bond motifs is 1. The summed E-state index contributed by atoms with van der Waals surface area (Å²) in [6, 6.07) is -0.988. The summed E-state index contributed by atoms with van der Waals surface area (Å²) in [7, 11) is 1.52. The number of amides is 1. The SMILES string of the molecule is CCCCCCCCCCCCCC/C(=N/OC)C(NC1C(=O)N2C(C(=O)O)=C(C)CS[C@H]12)c1csc(N)n1.Cl. The summed E-state index contributed by atoms with van der Waals surface area (Å²) in [5, 5.41) is 19.5. The van der Waals surface area contributed by atoms with E-state index in [2.05, 4.69) is 22.4 Å². The van der Waals surface area contributed by atoms with E-state index in [9.17, 15) is 14.7 Å². The van der Waals surface area contributed by atoms with Crippen LogP contribution in [0.25, 0.3) is 0 Å². The Morgan fingerprint density at radius 2 is 1.77 bits per heavy atom. The minimum absolute atomic E-state index is 0. The Balaban J connectivity index is 0.00000560. The Morgan fingerprint density at radius 1 is 1.18 bits per heavy atom. The molecule has 0 aromatic carbocycles. The number of halogens is 1. The molecular formula is C28H46ClN5O4S2. The summed E-state index contributed by atoms with van der Waals surface area (Å²) in [6.45, 7) is 4.02. The molecule has 12 heteroatoms. The molecule has 0 aliphatic carbocycles. The van der Waals surface area contributed by atoms with Crippen LogP contribution in [0.3, 0.4) is 0 Å². The van der Waals surface area contributed by atoms with Crippen molar-refractivity contribution in [2.75, 3.05) is 18.6 Å². The highest BCUT2D eigenvalue weighted by Crippen LogP contribution is 2.41. The Kier molecular flexibility index (Phi) is 15.4. The first kappa shape index (κ1) is 34.4. The van der Waals surface area contributed by atoms with Crippen LogP contribution in [0, 0.1) is 0 Å². The summed E-state index contributed by atoms with van der Waals surface area (Å²) < 4.78 is 0. The smallest absolute Gasteiger partial charge is 0.352 e. The maximum Gasteiger partial charge on any atom is 0.352 e. The van der Waals surface area contributed by atoms with Crippen LogP contribution in [0.5, 0.6) is 0 Å². The summed E-state index contributed by atoms with van der Waals surface area (Å²) in [5.41, 5.74) is 8.21. The molecule has 1 fully saturated rings. The minimum atomic E-state index is -1.07. The van der Waals surface area contributed by atoms with Gasteiger partial charge in [-0.05, 0) is 25.3 Å². The number of nitrogens with zero attached hydrogens (tertiary/aromatic N) is 3. The van der Waals surface area contributed by atoms with Gasteiger partial charge in [-0.15, -0.1) is 35.5 Å². The molecule has 0 radical (unpaired) electrons. The van der Waals surface area contributed by atoms with Crippen LogP contribution in [-0.2, 0) is 14.4 Å². The molecule has 3 heterocycles. The Bertz CT molecular complexity index is 1020. The van der Waals surface area contributed by atoms with Crippen molar-refractivity contribution < 1.29 is 19.5 Å². The van der Waals surface area contributed by atoms with Crippen LogP contribution in [0.15, 0.2) is 21.8 Å². The molecule has 4 N–H and O–H groups in total. The number of aromatic nitrogens is 1. The average molecular weight is 616 g/mol. The fraction of sp³-hybridized carbons (Fsp3) is 0.714. The molecule has 3 rings (SSSR count). The molecule has 2 unspecified atom stereocenters. The van der Waals surface area contributed by atoms with Gasteiger partial charge in [0.1, 0.15) is 24.2 Å². The second-order valence-corrected chi connectivity index (χ2v) is 12.4. The number of carboxylic acids is 1. The predicted octanol–water partition coefficient (Wildman–Crippen LogP) is 6.51. The molecular weight excluding hydrogens is 570 g/mol. The van der Waals surface area contributed by atoms with Crippen molar-refractivity contribution in [3.8, 4) is 0 Å². The zero-order chi connectivity index (χ0) is 28.2. The number of unbranched alkanes of at least 4 members (excludes halogenated alkanes) is 11. The molecule has 2 aliphatic heterocycles. The van der Waals surface area contributed by atoms with E-state index in [1.807, 2.05) is 5.38 Å². The third kappa shape index (κ3) is 9.36. The lowest BCUT2D eigenvalue weighted by molar-refractivity contribution is -0.149. The fourth-order valence-corrected chi connectivity index (χ4v) is 7.16. The van der Waals surface area contributed by atoms with Crippen molar-refractivity contribution in [1.29, 1.82) is 0 Å².